The van der Waals surface area contributed by atoms with Gasteiger partial charge in [0, 0.05) is 5.56 Å². The number of rotatable bonds is 3. The van der Waals surface area contributed by atoms with Crippen LogP contribution in [0.5, 0.6) is 0 Å². The summed E-state index contributed by atoms with van der Waals surface area (Å²) in [5, 5.41) is 0. The Morgan fingerprint density at radius 1 is 0.800 bits per heavy atom. The number of aldehydes is 1. The summed E-state index contributed by atoms with van der Waals surface area (Å²) in [5.74, 6) is 0. The van der Waals surface area contributed by atoms with Gasteiger partial charge in [-0.15, -0.1) is 0 Å². The van der Waals surface area contributed by atoms with Crippen LogP contribution in [-0.2, 0) is 6.18 Å². The first-order chi connectivity index (χ1) is 9.49. The Balaban J connectivity index is 2.20. The number of carbonyl (C=O) groups is 1. The maximum absolute atomic E-state index is 12.6. The summed E-state index contributed by atoms with van der Waals surface area (Å²) in [5.41, 5.74) is 1.17. The minimum absolute atomic E-state index is 0.472. The molecule has 0 unspecified atom stereocenters. The molecule has 0 radical (unpaired) electrons. The van der Waals surface area contributed by atoms with Gasteiger partial charge in [0.25, 0.3) is 0 Å². The quantitative estimate of drug-likeness (QED) is 0.587. The molecule has 2 rings (SSSR count). The molecule has 0 N–H and O–H groups in total. The van der Waals surface area contributed by atoms with Crippen molar-refractivity contribution < 1.29 is 18.0 Å². The summed E-state index contributed by atoms with van der Waals surface area (Å²) < 4.78 is 37.7. The third-order valence-corrected chi connectivity index (χ3v) is 2.75. The van der Waals surface area contributed by atoms with Crippen LogP contribution in [0.3, 0.4) is 0 Å². The minimum Gasteiger partial charge on any atom is -0.298 e. The number of hydrogen-bond donors (Lipinski definition) is 0. The molecule has 0 atom stereocenters. The zero-order chi connectivity index (χ0) is 14.6. The fourth-order valence-electron chi connectivity index (χ4n) is 1.70. The molecule has 1 nitrogen and oxygen atoms in total. The van der Waals surface area contributed by atoms with Crippen LogP contribution in [0.1, 0.15) is 27.0 Å². The van der Waals surface area contributed by atoms with Gasteiger partial charge in [0.2, 0.25) is 0 Å². The van der Waals surface area contributed by atoms with Gasteiger partial charge in [-0.25, -0.2) is 0 Å². The van der Waals surface area contributed by atoms with Gasteiger partial charge >= 0.3 is 6.18 Å². The fraction of sp³-hybridized carbons (Fsp3) is 0.0625. The molecule has 4 heteroatoms. The number of alkyl halides is 3. The molecular formula is C16H11F3O. The van der Waals surface area contributed by atoms with E-state index in [-0.39, 0.29) is 0 Å². The third kappa shape index (κ3) is 3.57. The first-order valence-corrected chi connectivity index (χ1v) is 5.89. The lowest BCUT2D eigenvalue weighted by Crippen LogP contribution is -2.04. The minimum atomic E-state index is -4.34. The lowest BCUT2D eigenvalue weighted by Gasteiger charge is -2.06. The second-order valence-electron chi connectivity index (χ2n) is 4.24. The van der Waals surface area contributed by atoms with Gasteiger partial charge in [-0.3, -0.25) is 4.79 Å². The molecular weight excluding hydrogens is 265 g/mol. The van der Waals surface area contributed by atoms with E-state index in [2.05, 4.69) is 0 Å². The van der Waals surface area contributed by atoms with Crippen LogP contribution in [-0.4, -0.2) is 6.29 Å². The number of carbonyl (C=O) groups excluding carboxylic acids is 1. The maximum atomic E-state index is 12.6. The normalized spacial score (nSPS) is 11.8. The standard InChI is InChI=1S/C16H11F3O/c17-16(18,19)15-3-1-2-13(10-15)7-4-12-5-8-14(11-20)9-6-12/h1-11H/b7-4+. The zero-order valence-corrected chi connectivity index (χ0v) is 10.4. The van der Waals surface area contributed by atoms with Crippen molar-refractivity contribution in [1.29, 1.82) is 0 Å². The number of benzene rings is 2. The lowest BCUT2D eigenvalue weighted by molar-refractivity contribution is -0.137. The topological polar surface area (TPSA) is 17.1 Å². The van der Waals surface area contributed by atoms with Gasteiger partial charge in [-0.05, 0) is 23.3 Å². The maximum Gasteiger partial charge on any atom is 0.416 e. The van der Waals surface area contributed by atoms with Crippen LogP contribution < -0.4 is 0 Å². The third-order valence-electron chi connectivity index (χ3n) is 2.75. The highest BCUT2D eigenvalue weighted by molar-refractivity contribution is 5.76. The van der Waals surface area contributed by atoms with Gasteiger partial charge in [-0.1, -0.05) is 48.6 Å². The molecule has 0 aliphatic carbocycles. The van der Waals surface area contributed by atoms with Gasteiger partial charge in [0.05, 0.1) is 5.56 Å². The van der Waals surface area contributed by atoms with Crippen LogP contribution >= 0.6 is 0 Å². The molecule has 2 aromatic rings. The van der Waals surface area contributed by atoms with Crippen molar-refractivity contribution in [3.05, 3.63) is 70.8 Å². The summed E-state index contributed by atoms with van der Waals surface area (Å²) in [6, 6.07) is 11.9. The van der Waals surface area contributed by atoms with Gasteiger partial charge < -0.3 is 0 Å². The Morgan fingerprint density at radius 2 is 1.40 bits per heavy atom. The summed E-state index contributed by atoms with van der Waals surface area (Å²) in [6.07, 6.45) is -0.301. The van der Waals surface area contributed by atoms with Crippen LogP contribution in [0.2, 0.25) is 0 Å². The van der Waals surface area contributed by atoms with E-state index in [1.54, 1.807) is 42.5 Å². The summed E-state index contributed by atoms with van der Waals surface area (Å²) in [4.78, 5) is 10.5. The van der Waals surface area contributed by atoms with Gasteiger partial charge in [-0.2, -0.15) is 13.2 Å². The Hall–Kier alpha value is -2.36. The molecule has 0 bridgehead atoms. The molecule has 0 heterocycles. The monoisotopic (exact) mass is 276 g/mol. The highest BCUT2D eigenvalue weighted by Crippen LogP contribution is 2.29. The smallest absolute Gasteiger partial charge is 0.298 e. The first kappa shape index (κ1) is 14.1. The summed E-state index contributed by atoms with van der Waals surface area (Å²) in [7, 11) is 0. The molecule has 0 amide bonds. The first-order valence-electron chi connectivity index (χ1n) is 5.89. The van der Waals surface area contributed by atoms with Crippen molar-refractivity contribution in [2.75, 3.05) is 0 Å². The Bertz CT molecular complexity index is 625. The van der Waals surface area contributed by atoms with E-state index in [1.165, 1.54) is 6.07 Å². The molecule has 0 saturated carbocycles. The van der Waals surface area contributed by atoms with E-state index >= 15 is 0 Å². The average Bonchev–Trinajstić information content (AvgIpc) is 2.45. The van der Waals surface area contributed by atoms with Crippen LogP contribution in [0.15, 0.2) is 48.5 Å². The van der Waals surface area contributed by atoms with E-state index in [4.69, 9.17) is 0 Å². The van der Waals surface area contributed by atoms with Crippen molar-refractivity contribution in [2.45, 2.75) is 6.18 Å². The molecule has 0 aliphatic rings. The second kappa shape index (κ2) is 5.74. The van der Waals surface area contributed by atoms with E-state index in [9.17, 15) is 18.0 Å². The Labute approximate surface area is 114 Å². The molecule has 102 valence electrons. The molecule has 0 spiro atoms. The van der Waals surface area contributed by atoms with Crippen molar-refractivity contribution in [3.63, 3.8) is 0 Å². The SMILES string of the molecule is O=Cc1ccc(/C=C/c2cccc(C(F)(F)F)c2)cc1. The van der Waals surface area contributed by atoms with Crippen molar-refractivity contribution >= 4 is 18.4 Å². The van der Waals surface area contributed by atoms with Gasteiger partial charge in [0.15, 0.2) is 0 Å². The molecule has 20 heavy (non-hydrogen) atoms. The Kier molecular flexibility index (Phi) is 4.03. The predicted octanol–water partition coefficient (Wildman–Crippen LogP) is 4.69. The van der Waals surface area contributed by atoms with Crippen molar-refractivity contribution in [1.82, 2.24) is 0 Å². The molecule has 2 aromatic carbocycles. The van der Waals surface area contributed by atoms with Gasteiger partial charge in [0.1, 0.15) is 6.29 Å². The largest absolute Gasteiger partial charge is 0.416 e. The lowest BCUT2D eigenvalue weighted by atomic mass is 10.1. The van der Waals surface area contributed by atoms with E-state index < -0.39 is 11.7 Å². The average molecular weight is 276 g/mol. The van der Waals surface area contributed by atoms with E-state index in [1.807, 2.05) is 0 Å². The number of halogens is 3. The Morgan fingerprint density at radius 3 is 2.00 bits per heavy atom. The van der Waals surface area contributed by atoms with Crippen molar-refractivity contribution in [3.8, 4) is 0 Å². The molecule has 0 aromatic heterocycles. The van der Waals surface area contributed by atoms with Crippen LogP contribution in [0, 0.1) is 0 Å². The van der Waals surface area contributed by atoms with Crippen LogP contribution in [0.25, 0.3) is 12.2 Å². The summed E-state index contributed by atoms with van der Waals surface area (Å²) >= 11 is 0. The molecule has 0 saturated heterocycles. The molecule has 0 fully saturated rings. The van der Waals surface area contributed by atoms with E-state index in [0.29, 0.717) is 11.1 Å². The fourth-order valence-corrected chi connectivity index (χ4v) is 1.70. The highest BCUT2D eigenvalue weighted by atomic mass is 19.4. The molecule has 0 aliphatic heterocycles. The van der Waals surface area contributed by atoms with Crippen LogP contribution in [0.4, 0.5) is 13.2 Å². The van der Waals surface area contributed by atoms with Crippen molar-refractivity contribution in [2.24, 2.45) is 0 Å². The summed E-state index contributed by atoms with van der Waals surface area (Å²) in [6.45, 7) is 0. The highest BCUT2D eigenvalue weighted by Gasteiger charge is 2.30. The zero-order valence-electron chi connectivity index (χ0n) is 10.4. The second-order valence-corrected chi connectivity index (χ2v) is 4.24. The number of hydrogen-bond acceptors (Lipinski definition) is 1. The predicted molar refractivity (Wildman–Crippen MR) is 72.2 cm³/mol. The van der Waals surface area contributed by atoms with E-state index in [0.717, 1.165) is 24.0 Å².